The van der Waals surface area contributed by atoms with Gasteiger partial charge in [0.15, 0.2) is 0 Å². The lowest BCUT2D eigenvalue weighted by molar-refractivity contribution is -0.262. The fourth-order valence-corrected chi connectivity index (χ4v) is 6.50. The summed E-state index contributed by atoms with van der Waals surface area (Å²) in [5, 5.41) is 21.1. The molecular weight excluding hydrogens is 604 g/mol. The summed E-state index contributed by atoms with van der Waals surface area (Å²) >= 11 is 18.1. The van der Waals surface area contributed by atoms with E-state index in [-0.39, 0.29) is 34.2 Å². The van der Waals surface area contributed by atoms with Crippen LogP contribution in [0.4, 0.5) is 19.0 Å². The van der Waals surface area contributed by atoms with Crippen LogP contribution in [0.5, 0.6) is 0 Å². The third-order valence-electron chi connectivity index (χ3n) is 8.14. The highest BCUT2D eigenvalue weighted by Gasteiger charge is 2.62. The van der Waals surface area contributed by atoms with Crippen LogP contribution in [-0.2, 0) is 10.4 Å². The van der Waals surface area contributed by atoms with Gasteiger partial charge in [-0.2, -0.15) is 13.2 Å². The molecule has 2 aliphatic rings. The number of carbonyl (C=O) groups excluding carboxylic acids is 1. The Balaban J connectivity index is 1.31. The predicted molar refractivity (Wildman–Crippen MR) is 153 cm³/mol. The maximum Gasteiger partial charge on any atom is 0.430 e. The van der Waals surface area contributed by atoms with E-state index in [1.807, 2.05) is 6.07 Å². The molecule has 1 aromatic carbocycles. The van der Waals surface area contributed by atoms with E-state index in [1.54, 1.807) is 25.1 Å². The van der Waals surface area contributed by atoms with Crippen LogP contribution in [0.25, 0.3) is 0 Å². The average molecular weight is 638 g/mol. The zero-order valence-electron chi connectivity index (χ0n) is 22.8. The van der Waals surface area contributed by atoms with Gasteiger partial charge in [0.1, 0.15) is 17.2 Å². The lowest BCUT2D eigenvalue weighted by Gasteiger charge is -2.40. The lowest BCUT2D eigenvalue weighted by Crippen LogP contribution is -2.57. The van der Waals surface area contributed by atoms with Crippen LogP contribution in [0.2, 0.25) is 15.2 Å². The van der Waals surface area contributed by atoms with E-state index in [2.05, 4.69) is 9.88 Å². The molecule has 3 heterocycles. The number of pyridine rings is 1. The van der Waals surface area contributed by atoms with Crippen molar-refractivity contribution in [1.82, 2.24) is 14.8 Å². The Morgan fingerprint density at radius 2 is 1.54 bits per heavy atom. The number of nitrogens with zero attached hydrogens (tertiary/aromatic N) is 4. The van der Waals surface area contributed by atoms with Crippen molar-refractivity contribution in [2.45, 2.75) is 50.1 Å². The maximum absolute atomic E-state index is 14.1. The van der Waals surface area contributed by atoms with Crippen LogP contribution in [0.3, 0.4) is 0 Å². The number of aromatic nitrogens is 1. The number of amides is 1. The Kier molecular flexibility index (Phi) is 10.0. The van der Waals surface area contributed by atoms with Crippen LogP contribution in [-0.4, -0.2) is 77.4 Å². The number of carbonyl (C=O) groups is 1. The van der Waals surface area contributed by atoms with Crippen molar-refractivity contribution in [3.05, 3.63) is 56.7 Å². The maximum atomic E-state index is 14.1. The molecule has 4 rings (SSSR count). The summed E-state index contributed by atoms with van der Waals surface area (Å²) in [4.78, 5) is 22.5. The standard InChI is InChI=1S/C28H34Cl3F3N4O3/c1-36(2)25(39)22-3-4-23(35-24(22)31)37-9-5-17(6-10-37)13-18-7-11-38(12-8-18)26(40)27(41,28(32,33)34)19-14-20(29)16-21(30)15-19/h3-4,14-18,25,39,41H,5-13H2,1-2H3/t25?,27-/m1/s1. The summed E-state index contributed by atoms with van der Waals surface area (Å²) < 4.78 is 42.3. The first-order valence-corrected chi connectivity index (χ1v) is 14.6. The van der Waals surface area contributed by atoms with Crippen LogP contribution in [0.15, 0.2) is 30.3 Å². The van der Waals surface area contributed by atoms with Gasteiger partial charge >= 0.3 is 6.18 Å². The molecular formula is C28H34Cl3F3N4O3. The molecule has 0 saturated carbocycles. The van der Waals surface area contributed by atoms with Gasteiger partial charge in [0, 0.05) is 47.4 Å². The molecule has 7 nitrogen and oxygen atoms in total. The van der Waals surface area contributed by atoms with E-state index in [9.17, 15) is 28.2 Å². The van der Waals surface area contributed by atoms with Crippen molar-refractivity contribution in [3.63, 3.8) is 0 Å². The van der Waals surface area contributed by atoms with Gasteiger partial charge in [-0.25, -0.2) is 4.98 Å². The number of aliphatic hydroxyl groups excluding tert-OH is 1. The van der Waals surface area contributed by atoms with E-state index < -0.39 is 29.5 Å². The third kappa shape index (κ3) is 7.05. The van der Waals surface area contributed by atoms with Crippen LogP contribution < -0.4 is 4.90 Å². The summed E-state index contributed by atoms with van der Waals surface area (Å²) in [6.45, 7) is 1.84. The quantitative estimate of drug-likeness (QED) is 0.291. The summed E-state index contributed by atoms with van der Waals surface area (Å²) in [6, 6.07) is 6.73. The smallest absolute Gasteiger partial charge is 0.374 e. The van der Waals surface area contributed by atoms with Crippen molar-refractivity contribution in [2.75, 3.05) is 45.2 Å². The molecule has 2 aliphatic heterocycles. The Morgan fingerprint density at radius 3 is 2.02 bits per heavy atom. The zero-order chi connectivity index (χ0) is 30.1. The second-order valence-corrected chi connectivity index (χ2v) is 12.4. The largest absolute Gasteiger partial charge is 0.430 e. The molecule has 226 valence electrons. The molecule has 2 aromatic rings. The molecule has 0 bridgehead atoms. The van der Waals surface area contributed by atoms with Gasteiger partial charge in [0.05, 0.1) is 0 Å². The van der Waals surface area contributed by atoms with E-state index in [0.717, 1.165) is 55.2 Å². The number of benzene rings is 1. The number of alkyl halides is 3. The number of likely N-dealkylation sites (tertiary alicyclic amines) is 1. The molecule has 2 saturated heterocycles. The molecule has 41 heavy (non-hydrogen) atoms. The molecule has 1 unspecified atom stereocenters. The molecule has 2 fully saturated rings. The topological polar surface area (TPSA) is 80.1 Å². The number of halogens is 6. The Hall–Kier alpha value is -1.82. The zero-order valence-corrected chi connectivity index (χ0v) is 25.1. The Labute approximate surface area is 252 Å². The fraction of sp³-hybridized carbons (Fsp3) is 0.571. The van der Waals surface area contributed by atoms with Crippen molar-refractivity contribution < 1.29 is 28.2 Å². The number of hydrogen-bond donors (Lipinski definition) is 2. The minimum atomic E-state index is -5.26. The van der Waals surface area contributed by atoms with Gasteiger partial charge in [-0.05, 0) is 88.4 Å². The van der Waals surface area contributed by atoms with Gasteiger partial charge < -0.3 is 20.0 Å². The highest BCUT2D eigenvalue weighted by atomic mass is 35.5. The first-order valence-electron chi connectivity index (χ1n) is 13.5. The molecule has 0 radical (unpaired) electrons. The first kappa shape index (κ1) is 32.1. The van der Waals surface area contributed by atoms with Gasteiger partial charge in [0.2, 0.25) is 0 Å². The van der Waals surface area contributed by atoms with Gasteiger partial charge in [-0.1, -0.05) is 34.8 Å². The van der Waals surface area contributed by atoms with Gasteiger partial charge in [-0.3, -0.25) is 9.69 Å². The highest BCUT2D eigenvalue weighted by molar-refractivity contribution is 6.34. The van der Waals surface area contributed by atoms with Gasteiger partial charge in [0.25, 0.3) is 11.5 Å². The first-order chi connectivity index (χ1) is 19.2. The minimum absolute atomic E-state index is 0.105. The van der Waals surface area contributed by atoms with E-state index in [0.29, 0.717) is 24.3 Å². The monoisotopic (exact) mass is 636 g/mol. The average Bonchev–Trinajstić information content (AvgIpc) is 2.91. The molecule has 0 spiro atoms. The number of anilines is 1. The Morgan fingerprint density at radius 1 is 1.00 bits per heavy atom. The molecule has 13 heteroatoms. The van der Waals surface area contributed by atoms with Crippen molar-refractivity contribution in [1.29, 1.82) is 0 Å². The van der Waals surface area contributed by atoms with Crippen LogP contribution >= 0.6 is 34.8 Å². The second-order valence-electron chi connectivity index (χ2n) is 11.2. The fourth-order valence-electron chi connectivity index (χ4n) is 5.72. The molecule has 2 atom stereocenters. The summed E-state index contributed by atoms with van der Waals surface area (Å²) in [7, 11) is 3.50. The minimum Gasteiger partial charge on any atom is -0.374 e. The number of hydrogen-bond acceptors (Lipinski definition) is 6. The van der Waals surface area contributed by atoms with Gasteiger partial charge in [-0.15, -0.1) is 0 Å². The Bertz CT molecular complexity index is 1220. The van der Waals surface area contributed by atoms with Crippen LogP contribution in [0, 0.1) is 11.8 Å². The summed E-state index contributed by atoms with van der Waals surface area (Å²) in [5.74, 6) is 0.0672. The highest BCUT2D eigenvalue weighted by Crippen LogP contribution is 2.43. The number of aliphatic hydroxyl groups is 2. The SMILES string of the molecule is CN(C)C(O)c1ccc(N2CCC(CC3CCN(C(=O)[C@](O)(c4cc(Cl)cc(Cl)c4)C(F)(F)F)CC3)CC2)nc1Cl. The second kappa shape index (κ2) is 12.8. The molecule has 2 N–H and O–H groups in total. The predicted octanol–water partition coefficient (Wildman–Crippen LogP) is 5.89. The van der Waals surface area contributed by atoms with Crippen molar-refractivity contribution in [2.24, 2.45) is 11.8 Å². The van der Waals surface area contributed by atoms with Crippen molar-refractivity contribution >= 4 is 46.5 Å². The molecule has 1 aromatic heterocycles. The third-order valence-corrected chi connectivity index (χ3v) is 8.88. The molecule has 1 amide bonds. The van der Waals surface area contributed by atoms with Crippen LogP contribution in [0.1, 0.15) is 49.5 Å². The van der Waals surface area contributed by atoms with E-state index in [4.69, 9.17) is 34.8 Å². The van der Waals surface area contributed by atoms with Crippen molar-refractivity contribution in [3.8, 4) is 0 Å². The number of piperidine rings is 2. The van der Waals surface area contributed by atoms with E-state index >= 15 is 0 Å². The normalized spacial score (nSPS) is 19.9. The van der Waals surface area contributed by atoms with E-state index in [1.165, 1.54) is 6.07 Å². The number of rotatable bonds is 7. The molecule has 0 aliphatic carbocycles. The lowest BCUT2D eigenvalue weighted by atomic mass is 9.82. The summed E-state index contributed by atoms with van der Waals surface area (Å²) in [6.07, 6.45) is -2.19. The summed E-state index contributed by atoms with van der Waals surface area (Å²) in [5.41, 5.74) is -3.88.